The van der Waals surface area contributed by atoms with E-state index in [1.807, 2.05) is 48.5 Å². The third-order valence-corrected chi connectivity index (χ3v) is 9.13. The lowest BCUT2D eigenvalue weighted by molar-refractivity contribution is 0.0708. The molecule has 240 valence electrons. The Bertz CT molecular complexity index is 2560. The maximum Gasteiger partial charge on any atom is 0.208 e. The molecular weight excluding hydrogens is 620 g/mol. The Kier molecular flexibility index (Phi) is 5.95. The van der Waals surface area contributed by atoms with Gasteiger partial charge in [-0.05, 0) is 47.5 Å². The minimum atomic E-state index is -1.75. The summed E-state index contributed by atoms with van der Waals surface area (Å²) in [6, 6.07) is 24.1. The van der Waals surface area contributed by atoms with E-state index in [1.54, 1.807) is 41.0 Å². The number of fused-ring (bicyclic) bond motifs is 6. The number of benzene rings is 5. The van der Waals surface area contributed by atoms with Crippen LogP contribution in [0.25, 0.3) is 60.4 Å². The monoisotopic (exact) mass is 646 g/mol. The van der Waals surface area contributed by atoms with Gasteiger partial charge in [-0.1, -0.05) is 48.5 Å². The first-order chi connectivity index (χ1) is 23.0. The van der Waals surface area contributed by atoms with Crippen molar-refractivity contribution in [2.75, 3.05) is 0 Å². The third kappa shape index (κ3) is 3.68. The van der Waals surface area contributed by atoms with Gasteiger partial charge in [0.2, 0.25) is 28.8 Å². The summed E-state index contributed by atoms with van der Waals surface area (Å²) < 4.78 is 3.06. The normalized spacial score (nSPS) is 17.0. The molecule has 0 amide bonds. The zero-order chi connectivity index (χ0) is 33.8. The molecule has 12 heteroatoms. The highest BCUT2D eigenvalue weighted by Gasteiger charge is 2.40. The number of rotatable bonds is 3. The van der Waals surface area contributed by atoms with E-state index >= 15 is 0 Å². The van der Waals surface area contributed by atoms with Crippen molar-refractivity contribution < 1.29 is 51.1 Å². The third-order valence-electron chi connectivity index (χ3n) is 9.13. The van der Waals surface area contributed by atoms with Gasteiger partial charge in [-0.25, -0.2) is 0 Å². The van der Waals surface area contributed by atoms with Crippen LogP contribution in [0, 0.1) is 0 Å². The molecular formula is C36H26N2O10. The number of aromatic nitrogens is 2. The lowest BCUT2D eigenvalue weighted by Gasteiger charge is -2.29. The summed E-state index contributed by atoms with van der Waals surface area (Å²) in [7, 11) is 0. The lowest BCUT2D eigenvalue weighted by atomic mass is 9.98. The fraction of sp³-hybridized carbons (Fsp3) is 0.0556. The maximum absolute atomic E-state index is 10.9. The molecule has 5 aromatic carbocycles. The van der Waals surface area contributed by atoms with Gasteiger partial charge in [0.1, 0.15) is 17.8 Å². The highest BCUT2D eigenvalue weighted by atomic mass is 16.4. The first-order valence-electron chi connectivity index (χ1n) is 14.7. The Morgan fingerprint density at radius 1 is 0.438 bits per heavy atom. The summed E-state index contributed by atoms with van der Waals surface area (Å²) >= 11 is 0. The van der Waals surface area contributed by atoms with Crippen LogP contribution in [0.2, 0.25) is 0 Å². The van der Waals surface area contributed by atoms with E-state index < -0.39 is 63.9 Å². The molecule has 2 atom stereocenters. The van der Waals surface area contributed by atoms with Gasteiger partial charge in [-0.3, -0.25) is 0 Å². The zero-order valence-electron chi connectivity index (χ0n) is 24.6. The molecule has 0 radical (unpaired) electrons. The van der Waals surface area contributed by atoms with Gasteiger partial charge in [0.15, 0.2) is 23.0 Å². The van der Waals surface area contributed by atoms with Crippen molar-refractivity contribution in [1.29, 1.82) is 0 Å². The number of phenols is 5. The smallest absolute Gasteiger partial charge is 0.208 e. The summed E-state index contributed by atoms with van der Waals surface area (Å²) in [6.45, 7) is 0. The van der Waals surface area contributed by atoms with E-state index in [4.69, 9.17) is 0 Å². The van der Waals surface area contributed by atoms with E-state index in [0.717, 1.165) is 27.3 Å². The number of aliphatic hydroxyl groups excluding tert-OH is 5. The lowest BCUT2D eigenvalue weighted by Crippen LogP contribution is -2.33. The fourth-order valence-electron chi connectivity index (χ4n) is 6.85. The predicted molar refractivity (Wildman–Crippen MR) is 177 cm³/mol. The minimum Gasteiger partial charge on any atom is -0.506 e. The largest absolute Gasteiger partial charge is 0.506 e. The Hall–Kier alpha value is -6.66. The molecule has 1 aliphatic carbocycles. The predicted octanol–water partition coefficient (Wildman–Crippen LogP) is 6.66. The van der Waals surface area contributed by atoms with Gasteiger partial charge in [0.25, 0.3) is 0 Å². The van der Waals surface area contributed by atoms with Crippen LogP contribution in [-0.2, 0) is 0 Å². The van der Waals surface area contributed by atoms with Crippen LogP contribution in [0.15, 0.2) is 108 Å². The number of aromatic hydroxyl groups is 5. The van der Waals surface area contributed by atoms with E-state index in [2.05, 4.69) is 0 Å². The van der Waals surface area contributed by atoms with Crippen LogP contribution in [0.4, 0.5) is 0 Å². The summed E-state index contributed by atoms with van der Waals surface area (Å²) in [4.78, 5) is 0. The zero-order valence-corrected chi connectivity index (χ0v) is 24.6. The Morgan fingerprint density at radius 2 is 0.875 bits per heavy atom. The summed E-state index contributed by atoms with van der Waals surface area (Å²) in [6.07, 6.45) is -1.75. The molecule has 1 aliphatic rings. The second-order valence-corrected chi connectivity index (χ2v) is 11.7. The first-order valence-corrected chi connectivity index (χ1v) is 14.7. The molecule has 48 heavy (non-hydrogen) atoms. The SMILES string of the molecule is OC1=C(O)C(O)C(n2c3ccccc3c3cc(-c4ccc5c(c4)c4ccccc4n5-c4c(O)c(O)c(O)c(O)c4O)ccc32)C(O)=C1O. The Morgan fingerprint density at radius 3 is 1.50 bits per heavy atom. The molecule has 0 spiro atoms. The van der Waals surface area contributed by atoms with Crippen LogP contribution < -0.4 is 0 Å². The van der Waals surface area contributed by atoms with Crippen molar-refractivity contribution in [3.8, 4) is 45.6 Å². The average Bonchev–Trinajstić information content (AvgIpc) is 3.60. The molecule has 2 aromatic heterocycles. The molecule has 0 aliphatic heterocycles. The molecule has 0 bridgehead atoms. The quantitative estimate of drug-likeness (QED) is 0.0728. The van der Waals surface area contributed by atoms with Gasteiger partial charge in [-0.15, -0.1) is 0 Å². The van der Waals surface area contributed by atoms with Gasteiger partial charge < -0.3 is 60.2 Å². The molecule has 8 rings (SSSR count). The second kappa shape index (κ2) is 9.92. The van der Waals surface area contributed by atoms with E-state index in [1.165, 1.54) is 4.57 Å². The summed E-state index contributed by atoms with van der Waals surface area (Å²) in [5, 5.41) is 107. The van der Waals surface area contributed by atoms with Crippen LogP contribution in [0.5, 0.6) is 28.7 Å². The molecule has 0 saturated carbocycles. The molecule has 2 unspecified atom stereocenters. The number of nitrogens with zero attached hydrogens (tertiary/aromatic N) is 2. The van der Waals surface area contributed by atoms with Crippen LogP contribution in [0.3, 0.4) is 0 Å². The highest BCUT2D eigenvalue weighted by molar-refractivity contribution is 6.12. The highest BCUT2D eigenvalue weighted by Crippen LogP contribution is 2.54. The minimum absolute atomic E-state index is 0.321. The van der Waals surface area contributed by atoms with E-state index in [0.29, 0.717) is 27.5 Å². The van der Waals surface area contributed by atoms with Gasteiger partial charge in [-0.2, -0.15) is 0 Å². The summed E-state index contributed by atoms with van der Waals surface area (Å²) in [5.74, 6) is -8.20. The average molecular weight is 647 g/mol. The van der Waals surface area contributed by atoms with E-state index in [9.17, 15) is 51.1 Å². The molecule has 12 nitrogen and oxygen atoms in total. The van der Waals surface area contributed by atoms with E-state index in [-0.39, 0.29) is 5.69 Å². The Balaban J connectivity index is 1.34. The topological polar surface area (TPSA) is 212 Å². The fourth-order valence-corrected chi connectivity index (χ4v) is 6.85. The number of hydrogen-bond donors (Lipinski definition) is 10. The standard InChI is InChI=1S/C36H26N2O10/c39-27-25(28(40)32(44)35(47)31(27)43)37-21-7-3-1-5-17(21)19-13-15(9-11-23(19)37)16-10-12-24-20(14-16)18-6-2-4-8-22(18)38(24)26-29(41)33(45)36(48)34(46)30(26)42/h1-14,25,27,39-48H. The van der Waals surface area contributed by atoms with Crippen molar-refractivity contribution >= 4 is 43.6 Å². The van der Waals surface area contributed by atoms with Crippen LogP contribution in [0.1, 0.15) is 6.04 Å². The first kappa shape index (κ1) is 28.8. The molecule has 2 heterocycles. The van der Waals surface area contributed by atoms with Crippen molar-refractivity contribution in [3.05, 3.63) is 108 Å². The van der Waals surface area contributed by atoms with Gasteiger partial charge in [0.05, 0.1) is 11.0 Å². The molecule has 0 fully saturated rings. The van der Waals surface area contributed by atoms with Crippen LogP contribution in [-0.4, -0.2) is 66.3 Å². The van der Waals surface area contributed by atoms with Crippen molar-refractivity contribution in [2.45, 2.75) is 12.1 Å². The number of hydrogen-bond acceptors (Lipinski definition) is 10. The second-order valence-electron chi connectivity index (χ2n) is 11.7. The van der Waals surface area contributed by atoms with Gasteiger partial charge >= 0.3 is 0 Å². The molecule has 7 aromatic rings. The van der Waals surface area contributed by atoms with Crippen molar-refractivity contribution in [1.82, 2.24) is 9.13 Å². The van der Waals surface area contributed by atoms with Crippen molar-refractivity contribution in [2.24, 2.45) is 0 Å². The molecule has 10 N–H and O–H groups in total. The number of para-hydroxylation sites is 2. The Labute approximate surface area is 269 Å². The van der Waals surface area contributed by atoms with Crippen molar-refractivity contribution in [3.63, 3.8) is 0 Å². The number of phenolic OH excluding ortho intramolecular Hbond substituents is 5. The summed E-state index contributed by atoms with van der Waals surface area (Å²) in [5.41, 5.74) is 3.42. The number of aliphatic hydroxyl groups is 5. The van der Waals surface area contributed by atoms with Gasteiger partial charge in [0, 0.05) is 32.6 Å². The van der Waals surface area contributed by atoms with Crippen LogP contribution >= 0.6 is 0 Å². The molecule has 0 saturated heterocycles. The maximum atomic E-state index is 10.9.